The van der Waals surface area contributed by atoms with Crippen LogP contribution in [-0.2, 0) is 0 Å². The molecule has 2 rings (SSSR count). The summed E-state index contributed by atoms with van der Waals surface area (Å²) in [7, 11) is 0. The summed E-state index contributed by atoms with van der Waals surface area (Å²) in [4.78, 5) is 15.8. The van der Waals surface area contributed by atoms with Crippen molar-refractivity contribution in [2.45, 2.75) is 20.3 Å². The fourth-order valence-corrected chi connectivity index (χ4v) is 1.69. The molecule has 0 atom stereocenters. The molecule has 2 aromatic heterocycles. The molecule has 0 radical (unpaired) electrons. The van der Waals surface area contributed by atoms with Gasteiger partial charge in [0.1, 0.15) is 5.82 Å². The second kappa shape index (κ2) is 3.93. The number of carbonyl (C=O) groups excluding carboxylic acids is 1. The van der Waals surface area contributed by atoms with E-state index in [-0.39, 0.29) is 5.78 Å². The molecule has 16 heavy (non-hydrogen) atoms. The zero-order valence-electron chi connectivity index (χ0n) is 9.53. The molecule has 0 aliphatic carbocycles. The molecule has 0 bridgehead atoms. The minimum atomic E-state index is 0.153. The number of imidazole rings is 1. The Kier molecular flexibility index (Phi) is 2.60. The van der Waals surface area contributed by atoms with Crippen LogP contribution in [0.4, 0.5) is 0 Å². The van der Waals surface area contributed by atoms with Crippen LogP contribution >= 0.6 is 0 Å². The standard InChI is InChI=1S/C13H14N2O/c1-4-12(16)10-5-6-15-11(7-10)8-14-13(15)9(2)3/h5-8H,2,4H2,1,3H3. The number of allylic oxidation sites excluding steroid dienone is 1. The van der Waals surface area contributed by atoms with Gasteiger partial charge in [-0.05, 0) is 24.6 Å². The number of pyridine rings is 1. The van der Waals surface area contributed by atoms with E-state index in [2.05, 4.69) is 11.6 Å². The molecule has 0 fully saturated rings. The molecule has 2 aromatic rings. The van der Waals surface area contributed by atoms with Crippen LogP contribution in [0, 0.1) is 0 Å². The van der Waals surface area contributed by atoms with E-state index in [1.165, 1.54) is 0 Å². The van der Waals surface area contributed by atoms with Gasteiger partial charge in [-0.1, -0.05) is 13.5 Å². The van der Waals surface area contributed by atoms with E-state index in [1.807, 2.05) is 36.6 Å². The van der Waals surface area contributed by atoms with Crippen LogP contribution in [0.15, 0.2) is 31.1 Å². The van der Waals surface area contributed by atoms with E-state index in [1.54, 1.807) is 6.20 Å². The summed E-state index contributed by atoms with van der Waals surface area (Å²) in [5.74, 6) is 0.992. The van der Waals surface area contributed by atoms with Crippen LogP contribution in [0.25, 0.3) is 11.1 Å². The minimum Gasteiger partial charge on any atom is -0.300 e. The Morgan fingerprint density at radius 3 is 2.94 bits per heavy atom. The Balaban J connectivity index is 2.57. The number of carbonyl (C=O) groups is 1. The first-order chi connectivity index (χ1) is 7.63. The summed E-state index contributed by atoms with van der Waals surface area (Å²) in [5, 5.41) is 0. The van der Waals surface area contributed by atoms with Crippen LogP contribution in [0.5, 0.6) is 0 Å². The third kappa shape index (κ3) is 1.65. The Morgan fingerprint density at radius 2 is 2.31 bits per heavy atom. The lowest BCUT2D eigenvalue weighted by Crippen LogP contribution is -1.98. The Labute approximate surface area is 94.4 Å². The zero-order valence-corrected chi connectivity index (χ0v) is 9.53. The Hall–Kier alpha value is -1.90. The maximum Gasteiger partial charge on any atom is 0.162 e. The highest BCUT2D eigenvalue weighted by molar-refractivity contribution is 5.96. The lowest BCUT2D eigenvalue weighted by molar-refractivity contribution is 0.0988. The number of ketones is 1. The second-order valence-electron chi connectivity index (χ2n) is 3.85. The topological polar surface area (TPSA) is 34.4 Å². The highest BCUT2D eigenvalue weighted by atomic mass is 16.1. The van der Waals surface area contributed by atoms with Crippen molar-refractivity contribution in [1.82, 2.24) is 9.38 Å². The summed E-state index contributed by atoms with van der Waals surface area (Å²) in [6.07, 6.45) is 4.16. The van der Waals surface area contributed by atoms with E-state index in [0.717, 1.165) is 22.5 Å². The van der Waals surface area contributed by atoms with Gasteiger partial charge in [0.05, 0.1) is 11.7 Å². The molecule has 0 aliphatic rings. The van der Waals surface area contributed by atoms with E-state index in [9.17, 15) is 4.79 Å². The SMILES string of the molecule is C=C(C)c1ncc2cc(C(=O)CC)ccn12. The molecule has 0 saturated carbocycles. The van der Waals surface area contributed by atoms with Crippen molar-refractivity contribution in [2.24, 2.45) is 0 Å². The summed E-state index contributed by atoms with van der Waals surface area (Å²) < 4.78 is 1.94. The van der Waals surface area contributed by atoms with Crippen molar-refractivity contribution in [2.75, 3.05) is 0 Å². The minimum absolute atomic E-state index is 0.153. The highest BCUT2D eigenvalue weighted by Crippen LogP contribution is 2.15. The van der Waals surface area contributed by atoms with Crippen molar-refractivity contribution in [3.63, 3.8) is 0 Å². The molecule has 3 nitrogen and oxygen atoms in total. The fraction of sp³-hybridized carbons (Fsp3) is 0.231. The molecule has 0 N–H and O–H groups in total. The molecule has 0 aliphatic heterocycles. The second-order valence-corrected chi connectivity index (χ2v) is 3.85. The molecule has 3 heteroatoms. The zero-order chi connectivity index (χ0) is 11.7. The molecule has 0 spiro atoms. The third-order valence-corrected chi connectivity index (χ3v) is 2.56. The van der Waals surface area contributed by atoms with Gasteiger partial charge in [-0.15, -0.1) is 0 Å². The molecular formula is C13H14N2O. The number of Topliss-reactive ketones (excluding diaryl/α,β-unsaturated/α-hetero) is 1. The first kappa shape index (κ1) is 10.6. The van der Waals surface area contributed by atoms with Crippen molar-refractivity contribution in [1.29, 1.82) is 0 Å². The smallest absolute Gasteiger partial charge is 0.162 e. The quantitative estimate of drug-likeness (QED) is 0.736. The summed E-state index contributed by atoms with van der Waals surface area (Å²) in [6.45, 7) is 7.65. The van der Waals surface area contributed by atoms with Crippen molar-refractivity contribution >= 4 is 16.9 Å². The molecule has 0 amide bonds. The molecular weight excluding hydrogens is 200 g/mol. The molecule has 0 saturated heterocycles. The molecule has 0 aromatic carbocycles. The maximum absolute atomic E-state index is 11.6. The van der Waals surface area contributed by atoms with E-state index < -0.39 is 0 Å². The van der Waals surface area contributed by atoms with E-state index in [4.69, 9.17) is 0 Å². The maximum atomic E-state index is 11.6. The van der Waals surface area contributed by atoms with E-state index >= 15 is 0 Å². The predicted octanol–water partition coefficient (Wildman–Crippen LogP) is 2.96. The van der Waals surface area contributed by atoms with Gasteiger partial charge in [0, 0.05) is 18.2 Å². The normalized spacial score (nSPS) is 10.6. The van der Waals surface area contributed by atoms with Gasteiger partial charge >= 0.3 is 0 Å². The molecule has 82 valence electrons. The Morgan fingerprint density at radius 1 is 1.56 bits per heavy atom. The first-order valence-corrected chi connectivity index (χ1v) is 5.29. The van der Waals surface area contributed by atoms with Gasteiger partial charge in [-0.3, -0.25) is 4.79 Å². The number of hydrogen-bond acceptors (Lipinski definition) is 2. The van der Waals surface area contributed by atoms with Gasteiger partial charge in [-0.2, -0.15) is 0 Å². The van der Waals surface area contributed by atoms with Crippen molar-refractivity contribution in [3.05, 3.63) is 42.5 Å². The largest absolute Gasteiger partial charge is 0.300 e. The van der Waals surface area contributed by atoms with Gasteiger partial charge in [0.25, 0.3) is 0 Å². The summed E-state index contributed by atoms with van der Waals surface area (Å²) >= 11 is 0. The number of hydrogen-bond donors (Lipinski definition) is 0. The monoisotopic (exact) mass is 214 g/mol. The number of fused-ring (bicyclic) bond motifs is 1. The summed E-state index contributed by atoms with van der Waals surface area (Å²) in [6, 6.07) is 3.69. The lowest BCUT2D eigenvalue weighted by Gasteiger charge is -2.02. The molecule has 0 unspecified atom stereocenters. The van der Waals surface area contributed by atoms with Gasteiger partial charge < -0.3 is 4.40 Å². The van der Waals surface area contributed by atoms with Crippen LogP contribution < -0.4 is 0 Å². The van der Waals surface area contributed by atoms with Crippen LogP contribution in [0.1, 0.15) is 36.5 Å². The first-order valence-electron chi connectivity index (χ1n) is 5.29. The number of aromatic nitrogens is 2. The van der Waals surface area contributed by atoms with Gasteiger partial charge in [-0.25, -0.2) is 4.98 Å². The Bertz CT molecular complexity index is 566. The van der Waals surface area contributed by atoms with E-state index in [0.29, 0.717) is 6.42 Å². The molecule has 2 heterocycles. The van der Waals surface area contributed by atoms with Crippen LogP contribution in [0.3, 0.4) is 0 Å². The van der Waals surface area contributed by atoms with Crippen LogP contribution in [-0.4, -0.2) is 15.2 Å². The number of rotatable bonds is 3. The van der Waals surface area contributed by atoms with Gasteiger partial charge in [0.2, 0.25) is 0 Å². The average molecular weight is 214 g/mol. The highest BCUT2D eigenvalue weighted by Gasteiger charge is 2.07. The van der Waals surface area contributed by atoms with Gasteiger partial charge in [0.15, 0.2) is 5.78 Å². The third-order valence-electron chi connectivity index (χ3n) is 2.56. The van der Waals surface area contributed by atoms with Crippen LogP contribution in [0.2, 0.25) is 0 Å². The van der Waals surface area contributed by atoms with Crippen molar-refractivity contribution < 1.29 is 4.79 Å². The fourth-order valence-electron chi connectivity index (χ4n) is 1.69. The number of nitrogens with zero attached hydrogens (tertiary/aromatic N) is 2. The lowest BCUT2D eigenvalue weighted by atomic mass is 10.1. The summed E-state index contributed by atoms with van der Waals surface area (Å²) in [5.41, 5.74) is 2.58. The average Bonchev–Trinajstić information content (AvgIpc) is 2.70. The van der Waals surface area contributed by atoms with Crippen molar-refractivity contribution in [3.8, 4) is 0 Å². The predicted molar refractivity (Wildman–Crippen MR) is 64.5 cm³/mol.